The molecule has 3 N–H and O–H groups in total. The first kappa shape index (κ1) is 9.73. The van der Waals surface area contributed by atoms with Gasteiger partial charge >= 0.3 is 0 Å². The van der Waals surface area contributed by atoms with E-state index in [4.69, 9.17) is 15.6 Å². The van der Waals surface area contributed by atoms with Crippen LogP contribution >= 0.6 is 0 Å². The molecule has 1 heterocycles. The number of methoxy groups -OCH3 is 1. The average Bonchev–Trinajstić information content (AvgIpc) is 2.27. The number of hydrogen-bond acceptors (Lipinski definition) is 4. The van der Waals surface area contributed by atoms with Crippen molar-refractivity contribution in [3.05, 3.63) is 29.8 Å². The Kier molecular flexibility index (Phi) is 2.43. The Morgan fingerprint density at radius 3 is 2.87 bits per heavy atom. The van der Waals surface area contributed by atoms with Crippen molar-refractivity contribution in [2.45, 2.75) is 6.61 Å². The standard InChI is InChI=1S/C11H12N2O2/c1-15-9-3-2-7-4-8(6-14)11(12)13-10(7)5-9/h2-5,14H,6H2,1H3,(H2,12,13). The van der Waals surface area contributed by atoms with E-state index in [9.17, 15) is 0 Å². The molecule has 2 aromatic rings. The Morgan fingerprint density at radius 1 is 1.40 bits per heavy atom. The van der Waals surface area contributed by atoms with Gasteiger partial charge in [0.25, 0.3) is 0 Å². The van der Waals surface area contributed by atoms with Crippen LogP contribution < -0.4 is 10.5 Å². The van der Waals surface area contributed by atoms with Crippen LogP contribution in [0.4, 0.5) is 5.82 Å². The highest BCUT2D eigenvalue weighted by molar-refractivity contribution is 5.82. The van der Waals surface area contributed by atoms with Gasteiger partial charge in [-0.05, 0) is 18.2 Å². The third-order valence-electron chi connectivity index (χ3n) is 2.31. The molecule has 0 bridgehead atoms. The summed E-state index contributed by atoms with van der Waals surface area (Å²) in [6.07, 6.45) is 0. The maximum atomic E-state index is 9.03. The Hall–Kier alpha value is -1.81. The van der Waals surface area contributed by atoms with Gasteiger partial charge in [-0.25, -0.2) is 4.98 Å². The number of anilines is 1. The van der Waals surface area contributed by atoms with Crippen molar-refractivity contribution in [3.63, 3.8) is 0 Å². The van der Waals surface area contributed by atoms with Gasteiger partial charge in [-0.15, -0.1) is 0 Å². The fraction of sp³-hybridized carbons (Fsp3) is 0.182. The number of ether oxygens (including phenoxy) is 1. The minimum absolute atomic E-state index is 0.0964. The van der Waals surface area contributed by atoms with Gasteiger partial charge in [-0.3, -0.25) is 0 Å². The van der Waals surface area contributed by atoms with Crippen LogP contribution in [0.15, 0.2) is 24.3 Å². The number of aliphatic hydroxyl groups excluding tert-OH is 1. The first-order chi connectivity index (χ1) is 7.24. The van der Waals surface area contributed by atoms with E-state index in [2.05, 4.69) is 4.98 Å². The highest BCUT2D eigenvalue weighted by atomic mass is 16.5. The van der Waals surface area contributed by atoms with E-state index in [0.29, 0.717) is 11.4 Å². The van der Waals surface area contributed by atoms with Gasteiger partial charge in [0.1, 0.15) is 11.6 Å². The summed E-state index contributed by atoms with van der Waals surface area (Å²) in [6.45, 7) is -0.0964. The second-order valence-corrected chi connectivity index (χ2v) is 3.25. The molecule has 2 rings (SSSR count). The number of nitrogen functional groups attached to an aromatic ring is 1. The number of aliphatic hydroxyl groups is 1. The van der Waals surface area contributed by atoms with Crippen molar-refractivity contribution in [3.8, 4) is 5.75 Å². The Balaban J connectivity index is 2.65. The van der Waals surface area contributed by atoms with Crippen molar-refractivity contribution in [2.75, 3.05) is 12.8 Å². The van der Waals surface area contributed by atoms with Crippen LogP contribution in [-0.2, 0) is 6.61 Å². The van der Waals surface area contributed by atoms with Crippen molar-refractivity contribution >= 4 is 16.7 Å². The van der Waals surface area contributed by atoms with Crippen molar-refractivity contribution in [1.29, 1.82) is 0 Å². The number of aromatic nitrogens is 1. The minimum Gasteiger partial charge on any atom is -0.497 e. The zero-order valence-corrected chi connectivity index (χ0v) is 8.40. The summed E-state index contributed by atoms with van der Waals surface area (Å²) in [5.74, 6) is 1.10. The van der Waals surface area contributed by atoms with Crippen molar-refractivity contribution < 1.29 is 9.84 Å². The summed E-state index contributed by atoms with van der Waals surface area (Å²) in [7, 11) is 1.60. The van der Waals surface area contributed by atoms with Crippen LogP contribution in [0, 0.1) is 0 Å². The first-order valence-corrected chi connectivity index (χ1v) is 4.58. The van der Waals surface area contributed by atoms with E-state index in [1.54, 1.807) is 7.11 Å². The zero-order valence-electron chi connectivity index (χ0n) is 8.40. The molecular formula is C11H12N2O2. The van der Waals surface area contributed by atoms with Gasteiger partial charge in [0.15, 0.2) is 0 Å². The summed E-state index contributed by atoms with van der Waals surface area (Å²) in [5.41, 5.74) is 7.09. The molecule has 0 aliphatic carbocycles. The Labute approximate surface area is 87.3 Å². The van der Waals surface area contributed by atoms with Gasteiger partial charge in [0.05, 0.1) is 19.2 Å². The minimum atomic E-state index is -0.0964. The molecule has 0 unspecified atom stereocenters. The van der Waals surface area contributed by atoms with E-state index < -0.39 is 0 Å². The van der Waals surface area contributed by atoms with Crippen LogP contribution in [0.2, 0.25) is 0 Å². The lowest BCUT2D eigenvalue weighted by molar-refractivity contribution is 0.282. The third kappa shape index (κ3) is 1.71. The lowest BCUT2D eigenvalue weighted by Crippen LogP contribution is -1.98. The van der Waals surface area contributed by atoms with Crippen LogP contribution in [0.3, 0.4) is 0 Å². The predicted molar refractivity (Wildman–Crippen MR) is 58.6 cm³/mol. The monoisotopic (exact) mass is 204 g/mol. The Bertz CT molecular complexity index is 497. The lowest BCUT2D eigenvalue weighted by atomic mass is 10.1. The van der Waals surface area contributed by atoms with Gasteiger partial charge in [0, 0.05) is 17.0 Å². The molecule has 0 amide bonds. The summed E-state index contributed by atoms with van der Waals surface area (Å²) in [5, 5.41) is 9.97. The number of nitrogens with two attached hydrogens (primary N) is 1. The average molecular weight is 204 g/mol. The van der Waals surface area contributed by atoms with Gasteiger partial charge in [-0.1, -0.05) is 0 Å². The molecule has 0 fully saturated rings. The number of rotatable bonds is 2. The second-order valence-electron chi connectivity index (χ2n) is 3.25. The van der Waals surface area contributed by atoms with E-state index in [1.807, 2.05) is 24.3 Å². The fourth-order valence-electron chi connectivity index (χ4n) is 1.46. The number of hydrogen-bond donors (Lipinski definition) is 2. The lowest BCUT2D eigenvalue weighted by Gasteiger charge is -2.06. The van der Waals surface area contributed by atoms with E-state index in [-0.39, 0.29) is 6.61 Å². The fourth-order valence-corrected chi connectivity index (χ4v) is 1.46. The normalized spacial score (nSPS) is 10.5. The SMILES string of the molecule is COc1ccc2cc(CO)c(N)nc2c1. The molecule has 0 radical (unpaired) electrons. The van der Waals surface area contributed by atoms with Crippen molar-refractivity contribution in [1.82, 2.24) is 4.98 Å². The molecule has 4 nitrogen and oxygen atoms in total. The topological polar surface area (TPSA) is 68.4 Å². The van der Waals surface area contributed by atoms with Gasteiger partial charge < -0.3 is 15.6 Å². The van der Waals surface area contributed by atoms with Crippen LogP contribution in [-0.4, -0.2) is 17.2 Å². The molecule has 15 heavy (non-hydrogen) atoms. The van der Waals surface area contributed by atoms with Crippen LogP contribution in [0.25, 0.3) is 10.9 Å². The molecule has 0 atom stereocenters. The van der Waals surface area contributed by atoms with Crippen LogP contribution in [0.1, 0.15) is 5.56 Å². The summed E-state index contributed by atoms with van der Waals surface area (Å²) < 4.78 is 5.09. The number of nitrogens with zero attached hydrogens (tertiary/aromatic N) is 1. The largest absolute Gasteiger partial charge is 0.497 e. The molecule has 0 aliphatic rings. The molecule has 0 spiro atoms. The van der Waals surface area contributed by atoms with Gasteiger partial charge in [-0.2, -0.15) is 0 Å². The third-order valence-corrected chi connectivity index (χ3v) is 2.31. The number of fused-ring (bicyclic) bond motifs is 1. The summed E-state index contributed by atoms with van der Waals surface area (Å²) in [4.78, 5) is 4.19. The maximum absolute atomic E-state index is 9.03. The predicted octanol–water partition coefficient (Wildman–Crippen LogP) is 1.32. The number of pyridine rings is 1. The molecular weight excluding hydrogens is 192 g/mol. The molecule has 4 heteroatoms. The quantitative estimate of drug-likeness (QED) is 0.774. The summed E-state index contributed by atoms with van der Waals surface area (Å²) in [6, 6.07) is 7.38. The molecule has 0 saturated heterocycles. The van der Waals surface area contributed by atoms with Gasteiger partial charge in [0.2, 0.25) is 0 Å². The highest BCUT2D eigenvalue weighted by Gasteiger charge is 2.03. The first-order valence-electron chi connectivity index (χ1n) is 4.58. The molecule has 0 saturated carbocycles. The smallest absolute Gasteiger partial charge is 0.129 e. The van der Waals surface area contributed by atoms with Crippen molar-refractivity contribution in [2.24, 2.45) is 0 Å². The Morgan fingerprint density at radius 2 is 2.20 bits per heavy atom. The number of benzene rings is 1. The van der Waals surface area contributed by atoms with E-state index >= 15 is 0 Å². The van der Waals surface area contributed by atoms with Crippen LogP contribution in [0.5, 0.6) is 5.75 Å². The van der Waals surface area contributed by atoms with E-state index in [1.165, 1.54) is 0 Å². The zero-order chi connectivity index (χ0) is 10.8. The summed E-state index contributed by atoms with van der Waals surface area (Å²) >= 11 is 0. The highest BCUT2D eigenvalue weighted by Crippen LogP contribution is 2.22. The molecule has 1 aromatic heterocycles. The molecule has 0 aliphatic heterocycles. The second kappa shape index (κ2) is 3.74. The van der Waals surface area contributed by atoms with E-state index in [0.717, 1.165) is 16.7 Å². The maximum Gasteiger partial charge on any atom is 0.129 e. The molecule has 78 valence electrons. The molecule has 1 aromatic carbocycles.